The van der Waals surface area contributed by atoms with Crippen LogP contribution >= 0.6 is 0 Å². The van der Waals surface area contributed by atoms with E-state index in [1.807, 2.05) is 70.2 Å². The van der Waals surface area contributed by atoms with E-state index in [-0.39, 0.29) is 6.10 Å². The van der Waals surface area contributed by atoms with E-state index in [2.05, 4.69) is 4.98 Å². The standard InChI is InChI=1S/C22H23NO3/c1-14(2)25-20-8-9-21(16(4)15(20)3)26-22-10-6-18-13-17(11-12-24)5-7-19(18)23-22/h5-10,12-14H,11H2,1-4H3. The van der Waals surface area contributed by atoms with Crippen LogP contribution in [0.1, 0.15) is 30.5 Å². The smallest absolute Gasteiger partial charge is 0.219 e. The van der Waals surface area contributed by atoms with Crippen LogP contribution in [0.3, 0.4) is 0 Å². The number of fused-ring (bicyclic) bond motifs is 1. The van der Waals surface area contributed by atoms with E-state index in [9.17, 15) is 4.79 Å². The summed E-state index contributed by atoms with van der Waals surface area (Å²) in [6.07, 6.45) is 1.45. The SMILES string of the molecule is Cc1c(Oc2ccc3cc(CC=O)ccc3n2)ccc(OC(C)C)c1C. The van der Waals surface area contributed by atoms with Gasteiger partial charge in [0.2, 0.25) is 5.88 Å². The lowest BCUT2D eigenvalue weighted by atomic mass is 10.1. The molecule has 3 aromatic rings. The lowest BCUT2D eigenvalue weighted by Gasteiger charge is -2.16. The predicted octanol–water partition coefficient (Wildman–Crippen LogP) is 5.17. The van der Waals surface area contributed by atoms with Crippen LogP contribution in [0.25, 0.3) is 10.9 Å². The van der Waals surface area contributed by atoms with E-state index >= 15 is 0 Å². The number of pyridine rings is 1. The van der Waals surface area contributed by atoms with Crippen LogP contribution in [-0.4, -0.2) is 17.4 Å². The van der Waals surface area contributed by atoms with Crippen LogP contribution in [0.2, 0.25) is 0 Å². The minimum Gasteiger partial charge on any atom is -0.491 e. The van der Waals surface area contributed by atoms with E-state index in [1.54, 1.807) is 0 Å². The highest BCUT2D eigenvalue weighted by Gasteiger charge is 2.11. The summed E-state index contributed by atoms with van der Waals surface area (Å²) < 4.78 is 11.8. The molecule has 0 spiro atoms. The lowest BCUT2D eigenvalue weighted by molar-refractivity contribution is -0.107. The summed E-state index contributed by atoms with van der Waals surface area (Å²) in [6, 6.07) is 13.5. The summed E-state index contributed by atoms with van der Waals surface area (Å²) in [5, 5.41) is 0.991. The van der Waals surface area contributed by atoms with Gasteiger partial charge in [0.05, 0.1) is 11.6 Å². The molecule has 0 aliphatic carbocycles. The molecule has 4 heteroatoms. The van der Waals surface area contributed by atoms with Gasteiger partial charge in [-0.2, -0.15) is 0 Å². The van der Waals surface area contributed by atoms with Gasteiger partial charge in [-0.25, -0.2) is 4.98 Å². The molecule has 3 rings (SSSR count). The van der Waals surface area contributed by atoms with Gasteiger partial charge in [0.25, 0.3) is 0 Å². The van der Waals surface area contributed by atoms with Gasteiger partial charge in [0, 0.05) is 17.9 Å². The van der Waals surface area contributed by atoms with Crippen LogP contribution in [0.5, 0.6) is 17.4 Å². The molecule has 26 heavy (non-hydrogen) atoms. The number of nitrogens with zero attached hydrogens (tertiary/aromatic N) is 1. The number of benzene rings is 2. The molecule has 0 atom stereocenters. The molecule has 134 valence electrons. The average molecular weight is 349 g/mol. The Balaban J connectivity index is 1.87. The third-order valence-corrected chi connectivity index (χ3v) is 4.31. The number of carbonyl (C=O) groups is 1. The third kappa shape index (κ3) is 3.85. The zero-order valence-corrected chi connectivity index (χ0v) is 15.6. The van der Waals surface area contributed by atoms with Crippen LogP contribution in [0, 0.1) is 13.8 Å². The molecule has 0 radical (unpaired) electrons. The van der Waals surface area contributed by atoms with Crippen LogP contribution < -0.4 is 9.47 Å². The molecule has 0 N–H and O–H groups in total. The number of ether oxygens (including phenoxy) is 2. The zero-order valence-electron chi connectivity index (χ0n) is 15.6. The molecule has 0 unspecified atom stereocenters. The zero-order chi connectivity index (χ0) is 18.7. The fourth-order valence-corrected chi connectivity index (χ4v) is 2.81. The number of hydrogen-bond acceptors (Lipinski definition) is 4. The number of carbonyl (C=O) groups excluding carboxylic acids is 1. The maximum atomic E-state index is 10.7. The molecule has 0 bridgehead atoms. The minimum absolute atomic E-state index is 0.131. The molecule has 1 heterocycles. The first-order valence-corrected chi connectivity index (χ1v) is 8.76. The van der Waals surface area contributed by atoms with Crippen molar-refractivity contribution in [1.82, 2.24) is 4.98 Å². The van der Waals surface area contributed by atoms with Crippen molar-refractivity contribution in [1.29, 1.82) is 0 Å². The summed E-state index contributed by atoms with van der Waals surface area (Å²) in [5.74, 6) is 2.18. The number of rotatable bonds is 6. The van der Waals surface area contributed by atoms with Crippen molar-refractivity contribution < 1.29 is 14.3 Å². The van der Waals surface area contributed by atoms with Crippen molar-refractivity contribution in [3.63, 3.8) is 0 Å². The van der Waals surface area contributed by atoms with Crippen LogP contribution in [0.4, 0.5) is 0 Å². The maximum absolute atomic E-state index is 10.7. The molecule has 0 fully saturated rings. The fourth-order valence-electron chi connectivity index (χ4n) is 2.81. The number of aldehydes is 1. The van der Waals surface area contributed by atoms with Crippen molar-refractivity contribution in [2.75, 3.05) is 0 Å². The van der Waals surface area contributed by atoms with E-state index < -0.39 is 0 Å². The summed E-state index contributed by atoms with van der Waals surface area (Å²) in [5.41, 5.74) is 3.92. The van der Waals surface area contributed by atoms with Crippen molar-refractivity contribution in [2.24, 2.45) is 0 Å². The number of aromatic nitrogens is 1. The largest absolute Gasteiger partial charge is 0.491 e. The topological polar surface area (TPSA) is 48.4 Å². The average Bonchev–Trinajstić information content (AvgIpc) is 2.61. The summed E-state index contributed by atoms with van der Waals surface area (Å²) >= 11 is 0. The Morgan fingerprint density at radius 2 is 1.73 bits per heavy atom. The third-order valence-electron chi connectivity index (χ3n) is 4.31. The molecule has 0 aliphatic rings. The molecule has 1 aromatic heterocycles. The highest BCUT2D eigenvalue weighted by molar-refractivity contribution is 5.80. The Labute approximate surface area is 153 Å². The van der Waals surface area contributed by atoms with Crippen LogP contribution in [0.15, 0.2) is 42.5 Å². The Bertz CT molecular complexity index is 948. The van der Waals surface area contributed by atoms with Crippen molar-refractivity contribution in [3.8, 4) is 17.4 Å². The van der Waals surface area contributed by atoms with E-state index in [0.717, 1.165) is 45.4 Å². The van der Waals surface area contributed by atoms with Crippen molar-refractivity contribution in [3.05, 3.63) is 59.2 Å². The van der Waals surface area contributed by atoms with Crippen LogP contribution in [-0.2, 0) is 11.2 Å². The van der Waals surface area contributed by atoms with Crippen molar-refractivity contribution in [2.45, 2.75) is 40.2 Å². The number of hydrogen-bond donors (Lipinski definition) is 0. The molecule has 2 aromatic carbocycles. The van der Waals surface area contributed by atoms with Gasteiger partial charge in [-0.15, -0.1) is 0 Å². The van der Waals surface area contributed by atoms with Gasteiger partial charge < -0.3 is 14.3 Å². The highest BCUT2D eigenvalue weighted by atomic mass is 16.5. The van der Waals surface area contributed by atoms with Gasteiger partial charge in [-0.3, -0.25) is 0 Å². The van der Waals surface area contributed by atoms with Crippen molar-refractivity contribution >= 4 is 17.2 Å². The fraction of sp³-hybridized carbons (Fsp3) is 0.273. The second-order valence-electron chi connectivity index (χ2n) is 6.63. The molecule has 4 nitrogen and oxygen atoms in total. The second kappa shape index (κ2) is 7.56. The molecular weight excluding hydrogens is 326 g/mol. The Morgan fingerprint density at radius 3 is 2.46 bits per heavy atom. The molecule has 0 amide bonds. The first kappa shape index (κ1) is 17.9. The molecule has 0 saturated carbocycles. The summed E-state index contributed by atoms with van der Waals surface area (Å²) in [4.78, 5) is 15.2. The normalized spacial score (nSPS) is 11.0. The van der Waals surface area contributed by atoms with Gasteiger partial charge in [-0.05, 0) is 74.7 Å². The Morgan fingerprint density at radius 1 is 1.00 bits per heavy atom. The molecular formula is C22H23NO3. The van der Waals surface area contributed by atoms with Gasteiger partial charge in [-0.1, -0.05) is 6.07 Å². The van der Waals surface area contributed by atoms with E-state index in [1.165, 1.54) is 0 Å². The summed E-state index contributed by atoms with van der Waals surface area (Å²) in [7, 11) is 0. The minimum atomic E-state index is 0.131. The monoisotopic (exact) mass is 349 g/mol. The van der Waals surface area contributed by atoms with Gasteiger partial charge in [0.1, 0.15) is 17.8 Å². The first-order valence-electron chi connectivity index (χ1n) is 8.76. The van der Waals surface area contributed by atoms with Gasteiger partial charge >= 0.3 is 0 Å². The second-order valence-corrected chi connectivity index (χ2v) is 6.63. The lowest BCUT2D eigenvalue weighted by Crippen LogP contribution is -2.07. The quantitative estimate of drug-likeness (QED) is 0.576. The maximum Gasteiger partial charge on any atom is 0.219 e. The van der Waals surface area contributed by atoms with Gasteiger partial charge in [0.15, 0.2) is 0 Å². The van der Waals surface area contributed by atoms with E-state index in [0.29, 0.717) is 12.3 Å². The molecule has 0 aliphatic heterocycles. The Kier molecular flexibility index (Phi) is 5.21. The summed E-state index contributed by atoms with van der Waals surface area (Å²) in [6.45, 7) is 8.07. The first-order chi connectivity index (χ1) is 12.5. The Hall–Kier alpha value is -2.88. The highest BCUT2D eigenvalue weighted by Crippen LogP contribution is 2.32. The molecule has 0 saturated heterocycles. The predicted molar refractivity (Wildman–Crippen MR) is 103 cm³/mol. The van der Waals surface area contributed by atoms with E-state index in [4.69, 9.17) is 9.47 Å².